The predicted molar refractivity (Wildman–Crippen MR) is 115 cm³/mol. The van der Waals surface area contributed by atoms with Crippen LogP contribution in [0, 0.1) is 23.7 Å². The Hall–Kier alpha value is -1.97. The van der Waals surface area contributed by atoms with Gasteiger partial charge in [0.25, 0.3) is 0 Å². The molecular formula is C23H29ClO8. The van der Waals surface area contributed by atoms with Gasteiger partial charge >= 0.3 is 5.97 Å². The molecule has 0 radical (unpaired) electrons. The van der Waals surface area contributed by atoms with E-state index in [0.29, 0.717) is 16.9 Å². The van der Waals surface area contributed by atoms with Crippen molar-refractivity contribution in [3.63, 3.8) is 0 Å². The topological polar surface area (TPSA) is 134 Å². The number of halogens is 1. The van der Waals surface area contributed by atoms with E-state index in [2.05, 4.69) is 0 Å². The van der Waals surface area contributed by atoms with Gasteiger partial charge in [0.1, 0.15) is 17.3 Å². The van der Waals surface area contributed by atoms with Crippen molar-refractivity contribution in [3.05, 3.63) is 46.4 Å². The second-order valence-electron chi connectivity index (χ2n) is 9.04. The average Bonchev–Trinajstić information content (AvgIpc) is 2.98. The van der Waals surface area contributed by atoms with Gasteiger partial charge in [0, 0.05) is 28.9 Å². The lowest BCUT2D eigenvalue weighted by molar-refractivity contribution is -0.268. The molecule has 0 amide bonds. The van der Waals surface area contributed by atoms with Gasteiger partial charge in [-0.25, -0.2) is 0 Å². The highest BCUT2D eigenvalue weighted by Crippen LogP contribution is 2.58. The Morgan fingerprint density at radius 2 is 1.84 bits per heavy atom. The number of hydrogen-bond acceptors (Lipinski definition) is 7. The lowest BCUT2D eigenvalue weighted by atomic mass is 9.66. The van der Waals surface area contributed by atoms with Crippen LogP contribution in [0.25, 0.3) is 0 Å². The van der Waals surface area contributed by atoms with Gasteiger partial charge in [-0.2, -0.15) is 0 Å². The van der Waals surface area contributed by atoms with Gasteiger partial charge in [-0.05, 0) is 32.9 Å². The standard InChI is InChI=1S/C23H29ClO8/c1-10(12(3)25)6-7-14-8-15-16(9-31-14)17-18(21(28)29)23(30,11(2)13(4)26)32-22(17,5)20(27)19(15)24/h6-13,17-18,25-26,30H,1-5H3,(H,28,29)/b7-6+/t10-,11-,12-,13+,17-,18-,22+,23-/m1/s1. The molecule has 32 heavy (non-hydrogen) atoms. The number of carboxylic acids is 1. The second kappa shape index (κ2) is 8.43. The van der Waals surface area contributed by atoms with Gasteiger partial charge in [0.2, 0.25) is 5.78 Å². The van der Waals surface area contributed by atoms with Crippen molar-refractivity contribution < 1.29 is 39.5 Å². The number of aliphatic hydroxyl groups excluding tert-OH is 2. The number of Topliss-reactive ketones (excluding diaryl/α,β-unsaturated/α-hetero) is 1. The average molecular weight is 469 g/mol. The van der Waals surface area contributed by atoms with Crippen molar-refractivity contribution in [1.82, 2.24) is 0 Å². The number of carbonyl (C=O) groups is 2. The number of aliphatic hydroxyl groups is 3. The Morgan fingerprint density at radius 3 is 2.38 bits per heavy atom. The Bertz CT molecular complexity index is 946. The summed E-state index contributed by atoms with van der Waals surface area (Å²) in [6.45, 7) is 7.74. The van der Waals surface area contributed by atoms with Crippen LogP contribution in [-0.4, -0.2) is 55.8 Å². The van der Waals surface area contributed by atoms with Crippen molar-refractivity contribution in [3.8, 4) is 0 Å². The van der Waals surface area contributed by atoms with Crippen LogP contribution in [-0.2, 0) is 19.1 Å². The number of rotatable bonds is 6. The molecule has 176 valence electrons. The number of ether oxygens (including phenoxy) is 2. The van der Waals surface area contributed by atoms with E-state index >= 15 is 0 Å². The number of carboxylic acid groups (broad SMARTS) is 1. The van der Waals surface area contributed by atoms with Crippen LogP contribution in [0.2, 0.25) is 0 Å². The number of fused-ring (bicyclic) bond motifs is 3. The van der Waals surface area contributed by atoms with E-state index in [4.69, 9.17) is 21.1 Å². The maximum atomic E-state index is 13.3. The molecule has 1 saturated heterocycles. The Morgan fingerprint density at radius 1 is 1.22 bits per heavy atom. The summed E-state index contributed by atoms with van der Waals surface area (Å²) in [5.74, 6) is -7.83. The van der Waals surface area contributed by atoms with Crippen molar-refractivity contribution in [1.29, 1.82) is 0 Å². The second-order valence-corrected chi connectivity index (χ2v) is 9.42. The molecule has 0 bridgehead atoms. The van der Waals surface area contributed by atoms with Crippen molar-refractivity contribution in [2.75, 3.05) is 0 Å². The van der Waals surface area contributed by atoms with Gasteiger partial charge < -0.3 is 29.9 Å². The largest absolute Gasteiger partial charge is 0.481 e. The Kier molecular flexibility index (Phi) is 6.49. The van der Waals surface area contributed by atoms with Crippen molar-refractivity contribution >= 4 is 23.4 Å². The highest BCUT2D eigenvalue weighted by Gasteiger charge is 2.70. The van der Waals surface area contributed by atoms with Crippen LogP contribution >= 0.6 is 11.6 Å². The normalized spacial score (nSPS) is 36.0. The molecule has 4 N–H and O–H groups in total. The predicted octanol–water partition coefficient (Wildman–Crippen LogP) is 2.24. The minimum atomic E-state index is -2.32. The van der Waals surface area contributed by atoms with Crippen LogP contribution in [0.4, 0.5) is 0 Å². The first kappa shape index (κ1) is 24.7. The summed E-state index contributed by atoms with van der Waals surface area (Å²) in [5.41, 5.74) is -1.16. The van der Waals surface area contributed by atoms with Crippen LogP contribution < -0.4 is 0 Å². The molecule has 8 atom stereocenters. The number of carbonyl (C=O) groups excluding carboxylic acids is 1. The van der Waals surface area contributed by atoms with Crippen LogP contribution in [0.3, 0.4) is 0 Å². The summed E-state index contributed by atoms with van der Waals surface area (Å²) in [6.07, 6.45) is 4.54. The highest BCUT2D eigenvalue weighted by atomic mass is 35.5. The smallest absolute Gasteiger partial charge is 0.312 e. The lowest BCUT2D eigenvalue weighted by Crippen LogP contribution is -2.50. The zero-order valence-electron chi connectivity index (χ0n) is 18.6. The summed E-state index contributed by atoms with van der Waals surface area (Å²) in [4.78, 5) is 25.6. The zero-order valence-corrected chi connectivity index (χ0v) is 19.3. The number of hydrogen-bond donors (Lipinski definition) is 4. The lowest BCUT2D eigenvalue weighted by Gasteiger charge is -2.37. The first-order chi connectivity index (χ1) is 14.8. The fourth-order valence-corrected chi connectivity index (χ4v) is 4.80. The fourth-order valence-electron chi connectivity index (χ4n) is 4.45. The van der Waals surface area contributed by atoms with Gasteiger partial charge in [-0.3, -0.25) is 9.59 Å². The molecule has 0 aromatic rings. The van der Waals surface area contributed by atoms with Gasteiger partial charge in [-0.15, -0.1) is 0 Å². The first-order valence-electron chi connectivity index (χ1n) is 10.5. The summed E-state index contributed by atoms with van der Waals surface area (Å²) >= 11 is 6.40. The van der Waals surface area contributed by atoms with E-state index in [9.17, 15) is 30.0 Å². The molecule has 1 aliphatic carbocycles. The van der Waals surface area contributed by atoms with E-state index in [1.165, 1.54) is 33.1 Å². The molecule has 9 heteroatoms. The minimum absolute atomic E-state index is 0.151. The van der Waals surface area contributed by atoms with E-state index in [1.807, 2.05) is 6.92 Å². The molecule has 3 aliphatic rings. The van der Waals surface area contributed by atoms with Gasteiger partial charge in [0.15, 0.2) is 5.79 Å². The molecule has 0 aromatic carbocycles. The number of aliphatic carboxylic acids is 1. The molecule has 0 aromatic heterocycles. The van der Waals surface area contributed by atoms with E-state index in [0.717, 1.165) is 0 Å². The quantitative estimate of drug-likeness (QED) is 0.466. The van der Waals surface area contributed by atoms with E-state index in [-0.39, 0.29) is 11.0 Å². The zero-order chi connectivity index (χ0) is 24.2. The van der Waals surface area contributed by atoms with Crippen LogP contribution in [0.1, 0.15) is 34.6 Å². The SMILES string of the molecule is C[C@H](O)[C@@H](C)[C@@]1(O)O[C@]2(C)C(=O)C(Cl)=C3C=C(/C=C/[C@@H](C)[C@@H](C)O)OC=C3[C@@H]2[C@@H]1C(=O)O. The first-order valence-corrected chi connectivity index (χ1v) is 10.9. The van der Waals surface area contributed by atoms with Gasteiger partial charge in [-0.1, -0.05) is 31.5 Å². The monoisotopic (exact) mass is 468 g/mol. The maximum Gasteiger partial charge on any atom is 0.312 e. The third-order valence-electron chi connectivity index (χ3n) is 6.86. The molecule has 8 nitrogen and oxygen atoms in total. The van der Waals surface area contributed by atoms with Crippen molar-refractivity contribution in [2.24, 2.45) is 23.7 Å². The third-order valence-corrected chi connectivity index (χ3v) is 7.23. The van der Waals surface area contributed by atoms with Crippen LogP contribution in [0.15, 0.2) is 46.4 Å². The van der Waals surface area contributed by atoms with Gasteiger partial charge in [0.05, 0.1) is 23.5 Å². The molecule has 1 fully saturated rings. The minimum Gasteiger partial charge on any atom is -0.481 e. The Balaban J connectivity index is 2.09. The molecule has 0 spiro atoms. The number of allylic oxidation sites excluding steroid dienone is 3. The third kappa shape index (κ3) is 3.74. The summed E-state index contributed by atoms with van der Waals surface area (Å²) in [7, 11) is 0. The van der Waals surface area contributed by atoms with E-state index in [1.54, 1.807) is 19.1 Å². The highest BCUT2D eigenvalue weighted by molar-refractivity contribution is 6.45. The molecule has 2 aliphatic heterocycles. The maximum absolute atomic E-state index is 13.3. The number of ketones is 1. The molecule has 3 rings (SSSR count). The molecular weight excluding hydrogens is 440 g/mol. The molecule has 2 heterocycles. The van der Waals surface area contributed by atoms with E-state index < -0.39 is 53.1 Å². The summed E-state index contributed by atoms with van der Waals surface area (Å²) in [6, 6.07) is 0. The Labute approximate surface area is 191 Å². The molecule has 0 unspecified atom stereocenters. The summed E-state index contributed by atoms with van der Waals surface area (Å²) in [5, 5.41) is 40.9. The van der Waals surface area contributed by atoms with Crippen molar-refractivity contribution in [2.45, 2.75) is 58.2 Å². The van der Waals surface area contributed by atoms with Crippen LogP contribution in [0.5, 0.6) is 0 Å². The fraction of sp³-hybridized carbons (Fsp3) is 0.565. The summed E-state index contributed by atoms with van der Waals surface area (Å²) < 4.78 is 11.5. The molecule has 0 saturated carbocycles.